The molecule has 3 N–H and O–H groups in total. The molecule has 0 aromatic rings. The second-order valence-corrected chi connectivity index (χ2v) is 15.5. The average molecular weight is 540 g/mol. The Morgan fingerprint density at radius 3 is 2.51 bits per heavy atom. The quantitative estimate of drug-likeness (QED) is 0.434. The second-order valence-electron chi connectivity index (χ2n) is 14.0. The van der Waals surface area contributed by atoms with Crippen LogP contribution < -0.4 is 0 Å². The maximum atomic E-state index is 13.1. The molecule has 5 aliphatic rings. The fourth-order valence-corrected chi connectivity index (χ4v) is 11.3. The van der Waals surface area contributed by atoms with Gasteiger partial charge in [-0.2, -0.15) is 8.42 Å². The molecule has 1 saturated heterocycles. The third-order valence-corrected chi connectivity index (χ3v) is 13.2. The summed E-state index contributed by atoms with van der Waals surface area (Å²) >= 11 is 0. The van der Waals surface area contributed by atoms with Crippen LogP contribution >= 0.6 is 0 Å². The number of likely N-dealkylation sites (tertiary alicyclic amines) is 1. The number of aliphatic hydroxyl groups excluding tert-OH is 2. The molecule has 0 aromatic heterocycles. The van der Waals surface area contributed by atoms with Crippen molar-refractivity contribution in [2.24, 2.45) is 46.3 Å². The predicted molar refractivity (Wildman–Crippen MR) is 142 cm³/mol. The molecule has 0 unspecified atom stereocenters. The molecule has 7 nitrogen and oxygen atoms in total. The third kappa shape index (κ3) is 4.91. The second kappa shape index (κ2) is 10.0. The van der Waals surface area contributed by atoms with Gasteiger partial charge in [0.05, 0.1) is 18.0 Å². The molecule has 1 heterocycles. The molecular weight excluding hydrogens is 490 g/mol. The van der Waals surface area contributed by atoms with Crippen molar-refractivity contribution in [3.63, 3.8) is 0 Å². The Morgan fingerprint density at radius 1 is 1.03 bits per heavy atom. The minimum atomic E-state index is -4.10. The third-order valence-electron chi connectivity index (χ3n) is 12.4. The zero-order chi connectivity index (χ0) is 26.8. The molecule has 212 valence electrons. The lowest BCUT2D eigenvalue weighted by molar-refractivity contribution is -0.175. The lowest BCUT2D eigenvalue weighted by atomic mass is 9.43. The Kier molecular flexibility index (Phi) is 7.56. The lowest BCUT2D eigenvalue weighted by Gasteiger charge is -2.62. The molecule has 0 radical (unpaired) electrons. The van der Waals surface area contributed by atoms with E-state index in [0.29, 0.717) is 54.9 Å². The van der Waals surface area contributed by atoms with Crippen LogP contribution in [0.4, 0.5) is 0 Å². The zero-order valence-corrected chi connectivity index (χ0v) is 23.8. The van der Waals surface area contributed by atoms with E-state index < -0.39 is 16.2 Å². The van der Waals surface area contributed by atoms with Crippen molar-refractivity contribution >= 4 is 16.0 Å². The summed E-state index contributed by atoms with van der Waals surface area (Å²) in [6.07, 6.45) is 10.5. The van der Waals surface area contributed by atoms with E-state index in [9.17, 15) is 28.0 Å². The molecule has 11 atom stereocenters. The van der Waals surface area contributed by atoms with Crippen molar-refractivity contribution in [1.29, 1.82) is 0 Å². The number of hydrogen-bond donors (Lipinski definition) is 3. The fourth-order valence-electron chi connectivity index (χ4n) is 10.4. The summed E-state index contributed by atoms with van der Waals surface area (Å²) in [5.41, 5.74) is 0.108. The Bertz CT molecular complexity index is 971. The Balaban J connectivity index is 1.24. The van der Waals surface area contributed by atoms with Crippen LogP contribution in [0.2, 0.25) is 0 Å². The highest BCUT2D eigenvalue weighted by Crippen LogP contribution is 2.68. The molecule has 1 amide bonds. The summed E-state index contributed by atoms with van der Waals surface area (Å²) in [5.74, 6) is 2.60. The van der Waals surface area contributed by atoms with E-state index >= 15 is 0 Å². The van der Waals surface area contributed by atoms with Crippen LogP contribution in [0.1, 0.15) is 97.8 Å². The van der Waals surface area contributed by atoms with Gasteiger partial charge in [-0.05, 0) is 117 Å². The average Bonchev–Trinajstić information content (AvgIpc) is 3.42. The van der Waals surface area contributed by atoms with Gasteiger partial charge in [0.2, 0.25) is 5.91 Å². The molecule has 0 bridgehead atoms. The molecule has 4 saturated carbocycles. The number of fused-ring (bicyclic) bond motifs is 5. The summed E-state index contributed by atoms with van der Waals surface area (Å²) in [5, 5.41) is 22.0. The first-order valence-electron chi connectivity index (χ1n) is 14.9. The molecule has 5 rings (SSSR count). The van der Waals surface area contributed by atoms with Gasteiger partial charge in [-0.1, -0.05) is 20.8 Å². The van der Waals surface area contributed by atoms with Crippen LogP contribution in [0.25, 0.3) is 0 Å². The van der Waals surface area contributed by atoms with Crippen LogP contribution in [0, 0.1) is 46.3 Å². The lowest BCUT2D eigenvalue weighted by Crippen LogP contribution is -2.58. The predicted octanol–water partition coefficient (Wildman–Crippen LogP) is 4.27. The maximum absolute atomic E-state index is 13.1. The van der Waals surface area contributed by atoms with Gasteiger partial charge in [-0.3, -0.25) is 9.35 Å². The summed E-state index contributed by atoms with van der Waals surface area (Å²) in [6, 6.07) is -0.416. The van der Waals surface area contributed by atoms with E-state index in [2.05, 4.69) is 20.8 Å². The van der Waals surface area contributed by atoms with Gasteiger partial charge >= 0.3 is 0 Å². The summed E-state index contributed by atoms with van der Waals surface area (Å²) < 4.78 is 32.1. The van der Waals surface area contributed by atoms with Crippen LogP contribution in [0.15, 0.2) is 0 Å². The van der Waals surface area contributed by atoms with Crippen LogP contribution in [0.3, 0.4) is 0 Å². The number of aliphatic hydroxyl groups is 2. The Labute approximate surface area is 223 Å². The molecule has 4 aliphatic carbocycles. The maximum Gasteiger partial charge on any atom is 0.266 e. The monoisotopic (exact) mass is 539 g/mol. The Morgan fingerprint density at radius 2 is 1.78 bits per heavy atom. The van der Waals surface area contributed by atoms with Gasteiger partial charge in [0.25, 0.3) is 10.1 Å². The Hall–Kier alpha value is -0.700. The first-order chi connectivity index (χ1) is 17.3. The number of amides is 1. The standard InChI is InChI=1S/C29H49NO6S/c1-18(6-11-27(33)30-14-4-5-20(30)17-37(34,35)36)23-9-10-24-22-8-7-19-15-21(31)12-13-28(19,2)25(22)16-26(32)29(23,24)3/h18-26,31-32H,4-17H2,1-3H3,(H,34,35,36)/t18-,19-,20+,21-,22+,23-,24+,25+,26+,28+,29-/m1/s1. The first kappa shape index (κ1) is 27.9. The smallest absolute Gasteiger partial charge is 0.266 e. The SMILES string of the molecule is C[C@H](CCC(=O)N1CCC[C@H]1CS(=O)(=O)O)[C@H]1CC[C@H]2[C@@H]3CC[C@@H]4C[C@H](O)CC[C@]4(C)[C@H]3C[C@H](O)[C@]12C. The van der Waals surface area contributed by atoms with Crippen LogP contribution in [0.5, 0.6) is 0 Å². The van der Waals surface area contributed by atoms with Gasteiger partial charge < -0.3 is 15.1 Å². The molecular formula is C29H49NO6S. The van der Waals surface area contributed by atoms with Crippen molar-refractivity contribution in [3.8, 4) is 0 Å². The minimum Gasteiger partial charge on any atom is -0.393 e. The number of rotatable bonds is 6. The van der Waals surface area contributed by atoms with E-state index in [4.69, 9.17) is 0 Å². The largest absolute Gasteiger partial charge is 0.393 e. The summed E-state index contributed by atoms with van der Waals surface area (Å²) in [7, 11) is -4.10. The first-order valence-corrected chi connectivity index (χ1v) is 16.6. The highest BCUT2D eigenvalue weighted by molar-refractivity contribution is 7.85. The summed E-state index contributed by atoms with van der Waals surface area (Å²) in [6.45, 7) is 7.58. The molecule has 0 aromatic carbocycles. The highest BCUT2D eigenvalue weighted by Gasteiger charge is 2.63. The fraction of sp³-hybridized carbons (Fsp3) is 0.966. The molecule has 1 aliphatic heterocycles. The van der Waals surface area contributed by atoms with E-state index in [1.165, 1.54) is 12.8 Å². The topological polar surface area (TPSA) is 115 Å². The zero-order valence-electron chi connectivity index (χ0n) is 23.0. The van der Waals surface area contributed by atoms with E-state index in [0.717, 1.165) is 51.4 Å². The molecule has 0 spiro atoms. The molecule has 8 heteroatoms. The van der Waals surface area contributed by atoms with E-state index in [-0.39, 0.29) is 34.7 Å². The number of hydrogen-bond acceptors (Lipinski definition) is 5. The van der Waals surface area contributed by atoms with E-state index in [1.54, 1.807) is 4.90 Å². The van der Waals surface area contributed by atoms with Gasteiger partial charge in [0.1, 0.15) is 0 Å². The number of nitrogens with zero attached hydrogens (tertiary/aromatic N) is 1. The highest BCUT2D eigenvalue weighted by atomic mass is 32.2. The normalized spacial score (nSPS) is 46.7. The van der Waals surface area contributed by atoms with Crippen LogP contribution in [-0.2, 0) is 14.9 Å². The van der Waals surface area contributed by atoms with Crippen molar-refractivity contribution in [3.05, 3.63) is 0 Å². The number of carbonyl (C=O) groups excluding carboxylic acids is 1. The van der Waals surface area contributed by atoms with Crippen LogP contribution in [-0.4, -0.2) is 64.5 Å². The molecule has 37 heavy (non-hydrogen) atoms. The van der Waals surface area contributed by atoms with Crippen molar-refractivity contribution in [2.45, 2.75) is 116 Å². The van der Waals surface area contributed by atoms with Gasteiger partial charge in [-0.25, -0.2) is 0 Å². The molecule has 5 fully saturated rings. The minimum absolute atomic E-state index is 0.00677. The van der Waals surface area contributed by atoms with Gasteiger partial charge in [0, 0.05) is 19.0 Å². The van der Waals surface area contributed by atoms with Crippen molar-refractivity contribution in [1.82, 2.24) is 4.90 Å². The number of carbonyl (C=O) groups is 1. The summed E-state index contributed by atoms with van der Waals surface area (Å²) in [4.78, 5) is 14.7. The van der Waals surface area contributed by atoms with Gasteiger partial charge in [0.15, 0.2) is 0 Å². The van der Waals surface area contributed by atoms with Crippen molar-refractivity contribution in [2.75, 3.05) is 12.3 Å². The van der Waals surface area contributed by atoms with Gasteiger partial charge in [-0.15, -0.1) is 0 Å². The van der Waals surface area contributed by atoms with E-state index in [1.807, 2.05) is 0 Å². The van der Waals surface area contributed by atoms with Crippen molar-refractivity contribution < 1.29 is 28.0 Å².